The number of anilines is 2. The molecule has 2 saturated carbocycles. The quantitative estimate of drug-likeness (QED) is 0.322. The highest BCUT2D eigenvalue weighted by Crippen LogP contribution is 2.38. The molecule has 4 aliphatic rings. The van der Waals surface area contributed by atoms with Crippen LogP contribution >= 0.6 is 35.3 Å². The monoisotopic (exact) mass is 582 g/mol. The second-order valence-electron chi connectivity index (χ2n) is 12.0. The molecule has 0 spiro atoms. The highest BCUT2D eigenvalue weighted by atomic mass is 32.2. The van der Waals surface area contributed by atoms with Crippen LogP contribution in [0.25, 0.3) is 0 Å². The van der Waals surface area contributed by atoms with E-state index in [0.29, 0.717) is 21.5 Å². The van der Waals surface area contributed by atoms with Crippen molar-refractivity contribution >= 4 is 46.7 Å². The molecular weight excluding hydrogens is 537 g/mol. The molecule has 39 heavy (non-hydrogen) atoms. The number of hydrogen-bond acceptors (Lipinski definition) is 7. The van der Waals surface area contributed by atoms with Gasteiger partial charge < -0.3 is 10.6 Å². The van der Waals surface area contributed by atoms with Crippen molar-refractivity contribution in [2.24, 2.45) is 0 Å². The Morgan fingerprint density at radius 1 is 0.590 bits per heavy atom. The van der Waals surface area contributed by atoms with Crippen molar-refractivity contribution in [3.05, 3.63) is 48.5 Å². The summed E-state index contributed by atoms with van der Waals surface area (Å²) in [5, 5.41) is 9.09. The summed E-state index contributed by atoms with van der Waals surface area (Å²) in [6.07, 6.45) is 13.9. The van der Waals surface area contributed by atoms with Crippen LogP contribution < -0.4 is 10.6 Å². The molecule has 212 valence electrons. The van der Waals surface area contributed by atoms with E-state index in [1.807, 2.05) is 11.8 Å². The van der Waals surface area contributed by atoms with Crippen LogP contribution in [-0.4, -0.2) is 56.5 Å². The Kier molecular flexibility index (Phi) is 9.62. The molecular formula is C32H46N4S3. The Morgan fingerprint density at radius 3 is 1.36 bits per heavy atom. The number of rotatable bonds is 8. The smallest absolute Gasteiger partial charge is 0.128 e. The third-order valence-electron chi connectivity index (χ3n) is 8.87. The molecule has 4 fully saturated rings. The van der Waals surface area contributed by atoms with E-state index < -0.39 is 0 Å². The van der Waals surface area contributed by atoms with Gasteiger partial charge in [-0.1, -0.05) is 64.1 Å². The average molecular weight is 583 g/mol. The molecule has 2 aliphatic carbocycles. The summed E-state index contributed by atoms with van der Waals surface area (Å²) in [7, 11) is 0. The topological polar surface area (TPSA) is 30.5 Å². The van der Waals surface area contributed by atoms with Crippen LogP contribution in [0, 0.1) is 0 Å². The fourth-order valence-electron chi connectivity index (χ4n) is 6.87. The molecule has 2 saturated heterocycles. The molecule has 6 rings (SSSR count). The molecule has 2 heterocycles. The lowest BCUT2D eigenvalue weighted by atomic mass is 9.94. The van der Waals surface area contributed by atoms with E-state index in [1.54, 1.807) is 0 Å². The van der Waals surface area contributed by atoms with Gasteiger partial charge in [-0.2, -0.15) is 0 Å². The lowest BCUT2D eigenvalue weighted by Crippen LogP contribution is -2.43. The second kappa shape index (κ2) is 13.3. The standard InChI is InChI=1S/C32H46N4S3/c1-23-21-35(27-9-5-3-6-10-27)31(37-23)33-25-13-17-29(18-14-25)39-30-19-15-26(16-20-30)34-32-36(22-24(2)38-32)28-11-7-4-8-12-28/h13-20,23-24,27-28,31-34H,3-12,21-22H2,1-2H3. The van der Waals surface area contributed by atoms with Crippen molar-refractivity contribution in [2.75, 3.05) is 23.7 Å². The van der Waals surface area contributed by atoms with Gasteiger partial charge in [-0.05, 0) is 74.2 Å². The minimum Gasteiger partial charge on any atom is -0.361 e. The summed E-state index contributed by atoms with van der Waals surface area (Å²) in [6.45, 7) is 7.18. The van der Waals surface area contributed by atoms with Gasteiger partial charge in [-0.25, -0.2) is 0 Å². The van der Waals surface area contributed by atoms with E-state index in [9.17, 15) is 0 Å². The fourth-order valence-corrected chi connectivity index (χ4v) is 10.3. The van der Waals surface area contributed by atoms with Crippen molar-refractivity contribution in [3.63, 3.8) is 0 Å². The number of nitrogens with one attached hydrogen (secondary N) is 2. The summed E-state index contributed by atoms with van der Waals surface area (Å²) in [5.74, 6) is 0. The van der Waals surface area contributed by atoms with Crippen LogP contribution in [-0.2, 0) is 0 Å². The number of thioether (sulfide) groups is 2. The molecule has 0 amide bonds. The first-order valence-corrected chi connectivity index (χ1v) is 18.0. The van der Waals surface area contributed by atoms with E-state index in [0.717, 1.165) is 12.1 Å². The van der Waals surface area contributed by atoms with E-state index >= 15 is 0 Å². The Balaban J connectivity index is 1.02. The van der Waals surface area contributed by atoms with E-state index in [2.05, 4.69) is 106 Å². The maximum Gasteiger partial charge on any atom is 0.128 e. The summed E-state index contributed by atoms with van der Waals surface area (Å²) >= 11 is 6.03. The van der Waals surface area contributed by atoms with Gasteiger partial charge in [0.15, 0.2) is 0 Å². The minimum atomic E-state index is 0.400. The van der Waals surface area contributed by atoms with E-state index in [4.69, 9.17) is 0 Å². The molecule has 2 aromatic rings. The summed E-state index contributed by atoms with van der Waals surface area (Å²) in [6, 6.07) is 19.6. The molecule has 2 aliphatic heterocycles. The highest BCUT2D eigenvalue weighted by molar-refractivity contribution is 8.01. The van der Waals surface area contributed by atoms with Crippen molar-refractivity contribution in [2.45, 2.75) is 121 Å². The van der Waals surface area contributed by atoms with Gasteiger partial charge in [0.2, 0.25) is 0 Å². The van der Waals surface area contributed by atoms with Crippen LogP contribution in [0.4, 0.5) is 11.4 Å². The summed E-state index contributed by atoms with van der Waals surface area (Å²) in [5.41, 5.74) is 3.27. The van der Waals surface area contributed by atoms with Crippen molar-refractivity contribution in [1.82, 2.24) is 9.80 Å². The average Bonchev–Trinajstić information content (AvgIpc) is 3.53. The first-order chi connectivity index (χ1) is 19.1. The predicted molar refractivity (Wildman–Crippen MR) is 173 cm³/mol. The van der Waals surface area contributed by atoms with Gasteiger partial charge in [0, 0.05) is 56.8 Å². The largest absolute Gasteiger partial charge is 0.361 e. The fraction of sp³-hybridized carbons (Fsp3) is 0.625. The molecule has 4 unspecified atom stereocenters. The maximum atomic E-state index is 3.85. The molecule has 0 bridgehead atoms. The van der Waals surface area contributed by atoms with Gasteiger partial charge in [0.05, 0.1) is 0 Å². The first-order valence-electron chi connectivity index (χ1n) is 15.3. The number of benzene rings is 2. The first kappa shape index (κ1) is 28.1. The van der Waals surface area contributed by atoms with E-state index in [-0.39, 0.29) is 0 Å². The zero-order chi connectivity index (χ0) is 26.6. The van der Waals surface area contributed by atoms with Crippen LogP contribution in [0.3, 0.4) is 0 Å². The SMILES string of the molecule is CC1CN(C2CCCCC2)C(Nc2ccc(Sc3ccc(NC4SC(C)CN4C4CCCCC4)cc3)cc2)S1. The summed E-state index contributed by atoms with van der Waals surface area (Å²) in [4.78, 5) is 8.07. The van der Waals surface area contributed by atoms with E-state index in [1.165, 1.54) is 98.5 Å². The Bertz CT molecular complexity index is 953. The minimum absolute atomic E-state index is 0.400. The van der Waals surface area contributed by atoms with Crippen LogP contribution in [0.1, 0.15) is 78.1 Å². The van der Waals surface area contributed by atoms with Crippen LogP contribution in [0.15, 0.2) is 58.3 Å². The lowest BCUT2D eigenvalue weighted by molar-refractivity contribution is 0.166. The zero-order valence-electron chi connectivity index (χ0n) is 23.7. The van der Waals surface area contributed by atoms with Gasteiger partial charge in [-0.3, -0.25) is 9.80 Å². The molecule has 4 atom stereocenters. The highest BCUT2D eigenvalue weighted by Gasteiger charge is 2.36. The normalized spacial score (nSPS) is 29.6. The van der Waals surface area contributed by atoms with Gasteiger partial charge in [-0.15, -0.1) is 23.5 Å². The molecule has 2 N–H and O–H groups in total. The Morgan fingerprint density at radius 2 is 0.974 bits per heavy atom. The summed E-state index contributed by atoms with van der Waals surface area (Å²) < 4.78 is 0. The van der Waals surface area contributed by atoms with Crippen molar-refractivity contribution < 1.29 is 0 Å². The van der Waals surface area contributed by atoms with Crippen molar-refractivity contribution in [1.29, 1.82) is 0 Å². The molecule has 0 aromatic heterocycles. The molecule has 0 radical (unpaired) electrons. The van der Waals surface area contributed by atoms with Gasteiger partial charge >= 0.3 is 0 Å². The molecule has 4 nitrogen and oxygen atoms in total. The number of nitrogens with zero attached hydrogens (tertiary/aromatic N) is 2. The Hall–Kier alpha value is -0.990. The third kappa shape index (κ3) is 7.27. The second-order valence-corrected chi connectivity index (χ2v) is 16.2. The van der Waals surface area contributed by atoms with Gasteiger partial charge in [0.1, 0.15) is 11.0 Å². The maximum absolute atomic E-state index is 3.85. The van der Waals surface area contributed by atoms with Crippen LogP contribution in [0.2, 0.25) is 0 Å². The Labute approximate surface area is 249 Å². The third-order valence-corrected chi connectivity index (χ3v) is 12.4. The van der Waals surface area contributed by atoms with Gasteiger partial charge in [0.25, 0.3) is 0 Å². The molecule has 2 aromatic carbocycles. The number of hydrogen-bond donors (Lipinski definition) is 2. The lowest BCUT2D eigenvalue weighted by Gasteiger charge is -2.35. The predicted octanol–water partition coefficient (Wildman–Crippen LogP) is 8.77. The zero-order valence-corrected chi connectivity index (χ0v) is 26.1. The van der Waals surface area contributed by atoms with Crippen LogP contribution in [0.5, 0.6) is 0 Å². The molecule has 7 heteroatoms. The van der Waals surface area contributed by atoms with Crippen molar-refractivity contribution in [3.8, 4) is 0 Å².